The third-order valence-corrected chi connectivity index (χ3v) is 7.26. The van der Waals surface area contributed by atoms with Crippen LogP contribution in [0.25, 0.3) is 10.9 Å². The summed E-state index contributed by atoms with van der Waals surface area (Å²) in [6, 6.07) is 15.8. The molecule has 3 aromatic rings. The summed E-state index contributed by atoms with van der Waals surface area (Å²) in [5, 5.41) is 10.1. The lowest BCUT2D eigenvalue weighted by Gasteiger charge is -2.30. The van der Waals surface area contributed by atoms with E-state index in [2.05, 4.69) is 4.98 Å². The number of carbonyl (C=O) groups is 1. The Hall–Kier alpha value is -2.95. The number of nitriles is 1. The van der Waals surface area contributed by atoms with E-state index < -0.39 is 10.0 Å². The Morgan fingerprint density at radius 3 is 2.50 bits per heavy atom. The normalized spacial score (nSPS) is 16.1. The first-order valence-electron chi connectivity index (χ1n) is 9.12. The third-order valence-electron chi connectivity index (χ3n) is 5.30. The van der Waals surface area contributed by atoms with Crippen LogP contribution in [0.3, 0.4) is 0 Å². The van der Waals surface area contributed by atoms with Gasteiger partial charge in [-0.3, -0.25) is 4.79 Å². The van der Waals surface area contributed by atoms with E-state index in [-0.39, 0.29) is 35.2 Å². The first-order valence-corrected chi connectivity index (χ1v) is 10.6. The Balaban J connectivity index is 1.52. The van der Waals surface area contributed by atoms with Gasteiger partial charge >= 0.3 is 0 Å². The number of carbonyl (C=O) groups excluding carboxylic acids is 1. The van der Waals surface area contributed by atoms with Crippen LogP contribution in [0.15, 0.2) is 59.6 Å². The van der Waals surface area contributed by atoms with Crippen LogP contribution in [-0.2, 0) is 10.0 Å². The molecule has 0 bridgehead atoms. The number of nitrogens with one attached hydrogen (secondary N) is 1. The quantitative estimate of drug-likeness (QED) is 0.688. The molecule has 1 aliphatic rings. The van der Waals surface area contributed by atoms with E-state index in [1.807, 2.05) is 30.3 Å². The molecule has 28 heavy (non-hydrogen) atoms. The summed E-state index contributed by atoms with van der Waals surface area (Å²) in [5.74, 6) is -0.163. The molecule has 1 aromatic heterocycles. The van der Waals surface area contributed by atoms with Gasteiger partial charge in [0.15, 0.2) is 5.78 Å². The lowest BCUT2D eigenvalue weighted by Crippen LogP contribution is -2.40. The highest BCUT2D eigenvalue weighted by atomic mass is 32.2. The number of rotatable bonds is 4. The zero-order chi connectivity index (χ0) is 19.7. The van der Waals surface area contributed by atoms with Crippen LogP contribution >= 0.6 is 0 Å². The van der Waals surface area contributed by atoms with Crippen LogP contribution in [0.1, 0.15) is 28.8 Å². The van der Waals surface area contributed by atoms with E-state index in [1.165, 1.54) is 16.4 Å². The number of Topliss-reactive ketones (excluding diaryl/α,β-unsaturated/α-hetero) is 1. The Kier molecular flexibility index (Phi) is 4.75. The number of para-hydroxylation sites is 1. The highest BCUT2D eigenvalue weighted by molar-refractivity contribution is 7.89. The number of sulfonamides is 1. The lowest BCUT2D eigenvalue weighted by molar-refractivity contribution is 0.0877. The van der Waals surface area contributed by atoms with Crippen LogP contribution in [0.4, 0.5) is 0 Å². The maximum absolute atomic E-state index is 13.0. The molecule has 142 valence electrons. The van der Waals surface area contributed by atoms with Crippen LogP contribution in [0.5, 0.6) is 0 Å². The first-order chi connectivity index (χ1) is 13.5. The zero-order valence-electron chi connectivity index (χ0n) is 15.1. The van der Waals surface area contributed by atoms with Crippen LogP contribution in [-0.4, -0.2) is 36.6 Å². The fourth-order valence-corrected chi connectivity index (χ4v) is 5.39. The Morgan fingerprint density at radius 1 is 1.07 bits per heavy atom. The maximum atomic E-state index is 13.0. The van der Waals surface area contributed by atoms with Gasteiger partial charge in [-0.2, -0.15) is 9.57 Å². The molecule has 2 heterocycles. The van der Waals surface area contributed by atoms with Gasteiger partial charge in [0.05, 0.1) is 10.5 Å². The van der Waals surface area contributed by atoms with Gasteiger partial charge in [-0.25, -0.2) is 8.42 Å². The van der Waals surface area contributed by atoms with Crippen LogP contribution < -0.4 is 0 Å². The number of hydrogen-bond acceptors (Lipinski definition) is 4. The molecule has 7 heteroatoms. The number of hydrogen-bond donors (Lipinski definition) is 1. The monoisotopic (exact) mass is 393 g/mol. The van der Waals surface area contributed by atoms with Crippen molar-refractivity contribution in [3.8, 4) is 6.07 Å². The third kappa shape index (κ3) is 3.11. The summed E-state index contributed by atoms with van der Waals surface area (Å²) in [6.45, 7) is 0.529. The molecule has 0 unspecified atom stereocenters. The zero-order valence-corrected chi connectivity index (χ0v) is 15.9. The number of aromatic amines is 1. The minimum atomic E-state index is -3.75. The Morgan fingerprint density at radius 2 is 1.75 bits per heavy atom. The second kappa shape index (κ2) is 7.23. The number of benzene rings is 2. The highest BCUT2D eigenvalue weighted by Gasteiger charge is 2.34. The van der Waals surface area contributed by atoms with Crippen molar-refractivity contribution >= 4 is 26.7 Å². The van der Waals surface area contributed by atoms with Gasteiger partial charge in [0.1, 0.15) is 6.07 Å². The van der Waals surface area contributed by atoms with Crippen molar-refractivity contribution in [2.24, 2.45) is 5.92 Å². The van der Waals surface area contributed by atoms with Crippen molar-refractivity contribution in [2.45, 2.75) is 17.7 Å². The van der Waals surface area contributed by atoms with Crippen molar-refractivity contribution in [1.29, 1.82) is 5.26 Å². The van der Waals surface area contributed by atoms with Crippen molar-refractivity contribution < 1.29 is 13.2 Å². The van der Waals surface area contributed by atoms with Crippen molar-refractivity contribution in [2.75, 3.05) is 13.1 Å². The number of H-pyrrole nitrogens is 1. The van der Waals surface area contributed by atoms with E-state index >= 15 is 0 Å². The number of aromatic nitrogens is 1. The predicted octanol–water partition coefficient (Wildman–Crippen LogP) is 3.32. The fraction of sp³-hybridized carbons (Fsp3) is 0.238. The van der Waals surface area contributed by atoms with Gasteiger partial charge in [0, 0.05) is 41.7 Å². The maximum Gasteiger partial charge on any atom is 0.244 e. The van der Waals surface area contributed by atoms with E-state index in [4.69, 9.17) is 0 Å². The average molecular weight is 393 g/mol. The summed E-state index contributed by atoms with van der Waals surface area (Å²) < 4.78 is 27.2. The van der Waals surface area contributed by atoms with Gasteiger partial charge in [0.25, 0.3) is 0 Å². The molecular formula is C21H19N3O3S. The Labute approximate surface area is 163 Å². The molecule has 0 radical (unpaired) electrons. The summed E-state index contributed by atoms with van der Waals surface area (Å²) in [4.78, 5) is 16.1. The molecule has 1 saturated heterocycles. The molecule has 2 aromatic carbocycles. The SMILES string of the molecule is N#Cc1ccccc1S(=O)(=O)N1CCC(C(=O)c2c[nH]c3ccccc23)CC1. The largest absolute Gasteiger partial charge is 0.360 e. The predicted molar refractivity (Wildman–Crippen MR) is 105 cm³/mol. The molecule has 1 aliphatic heterocycles. The topological polar surface area (TPSA) is 94.0 Å². The number of fused-ring (bicyclic) bond motifs is 1. The van der Waals surface area contributed by atoms with Crippen molar-refractivity contribution in [3.63, 3.8) is 0 Å². The summed E-state index contributed by atoms with van der Waals surface area (Å²) in [5.41, 5.74) is 1.71. The molecule has 0 spiro atoms. The smallest absolute Gasteiger partial charge is 0.244 e. The van der Waals surface area contributed by atoms with E-state index in [0.29, 0.717) is 18.4 Å². The number of nitrogens with zero attached hydrogens (tertiary/aromatic N) is 2. The van der Waals surface area contributed by atoms with Crippen molar-refractivity contribution in [3.05, 3.63) is 65.9 Å². The first kappa shape index (κ1) is 18.4. The number of piperidine rings is 1. The average Bonchev–Trinajstić information content (AvgIpc) is 3.17. The molecule has 4 rings (SSSR count). The van der Waals surface area contributed by atoms with E-state index in [1.54, 1.807) is 18.3 Å². The van der Waals surface area contributed by atoms with E-state index in [0.717, 1.165) is 10.9 Å². The summed E-state index contributed by atoms with van der Waals surface area (Å²) in [6.07, 6.45) is 2.66. The summed E-state index contributed by atoms with van der Waals surface area (Å²) >= 11 is 0. The minimum Gasteiger partial charge on any atom is -0.360 e. The second-order valence-corrected chi connectivity index (χ2v) is 8.80. The van der Waals surface area contributed by atoms with Gasteiger partial charge in [0.2, 0.25) is 10.0 Å². The molecule has 0 atom stereocenters. The minimum absolute atomic E-state index is 0.0268. The lowest BCUT2D eigenvalue weighted by atomic mass is 9.89. The van der Waals surface area contributed by atoms with E-state index in [9.17, 15) is 18.5 Å². The van der Waals surface area contributed by atoms with Gasteiger partial charge < -0.3 is 4.98 Å². The molecule has 6 nitrogen and oxygen atoms in total. The molecule has 0 aliphatic carbocycles. The number of ketones is 1. The van der Waals surface area contributed by atoms with Gasteiger partial charge in [-0.15, -0.1) is 0 Å². The molecule has 0 saturated carbocycles. The standard InChI is InChI=1S/C21H19N3O3S/c22-13-16-5-1-4-8-20(16)28(26,27)24-11-9-15(10-12-24)21(25)18-14-23-19-7-3-2-6-17(18)19/h1-8,14-15,23H,9-12H2. The molecule has 1 fully saturated rings. The molecule has 0 amide bonds. The summed E-state index contributed by atoms with van der Waals surface area (Å²) in [7, 11) is -3.75. The van der Waals surface area contributed by atoms with Gasteiger partial charge in [-0.1, -0.05) is 30.3 Å². The van der Waals surface area contributed by atoms with Crippen molar-refractivity contribution in [1.82, 2.24) is 9.29 Å². The fourth-order valence-electron chi connectivity index (χ4n) is 3.78. The molecular weight excluding hydrogens is 374 g/mol. The second-order valence-electron chi connectivity index (χ2n) is 6.90. The van der Waals surface area contributed by atoms with Crippen LogP contribution in [0.2, 0.25) is 0 Å². The molecule has 1 N–H and O–H groups in total. The van der Waals surface area contributed by atoms with Gasteiger partial charge in [-0.05, 0) is 31.0 Å². The van der Waals surface area contributed by atoms with Crippen LogP contribution in [0, 0.1) is 17.2 Å². The Bertz CT molecular complexity index is 1180. The highest BCUT2D eigenvalue weighted by Crippen LogP contribution is 2.29.